The highest BCUT2D eigenvalue weighted by atomic mass is 35.5. The number of amides is 1. The van der Waals surface area contributed by atoms with Crippen molar-refractivity contribution in [2.24, 2.45) is 5.92 Å². The minimum absolute atomic E-state index is 0. The number of ether oxygens (including phenoxy) is 1. The summed E-state index contributed by atoms with van der Waals surface area (Å²) in [6.07, 6.45) is 2.95. The van der Waals surface area contributed by atoms with Gasteiger partial charge in [0, 0.05) is 18.7 Å². The lowest BCUT2D eigenvalue weighted by Gasteiger charge is -2.32. The molecule has 1 aliphatic rings. The molecule has 1 amide bonds. The van der Waals surface area contributed by atoms with E-state index >= 15 is 0 Å². The lowest BCUT2D eigenvalue weighted by molar-refractivity contribution is 0.0944. The van der Waals surface area contributed by atoms with Gasteiger partial charge in [-0.1, -0.05) is 18.2 Å². The maximum absolute atomic E-state index is 13.8. The first-order valence-corrected chi connectivity index (χ1v) is 9.53. The number of benzene rings is 2. The highest BCUT2D eigenvalue weighted by Gasteiger charge is 2.20. The molecule has 1 heterocycles. The van der Waals surface area contributed by atoms with Crippen LogP contribution in [0.4, 0.5) is 4.39 Å². The van der Waals surface area contributed by atoms with Crippen molar-refractivity contribution in [3.8, 4) is 5.75 Å². The molecule has 0 saturated carbocycles. The Hall–Kier alpha value is -2.11. The van der Waals surface area contributed by atoms with Crippen molar-refractivity contribution in [1.29, 1.82) is 0 Å². The first kappa shape index (κ1) is 22.2. The number of carbonyl (C=O) groups is 1. The quantitative estimate of drug-likeness (QED) is 0.757. The Bertz CT molecular complexity index is 746. The predicted octanol–water partition coefficient (Wildman–Crippen LogP) is 3.94. The Morgan fingerprint density at radius 3 is 2.46 bits per heavy atom. The van der Waals surface area contributed by atoms with Crippen LogP contribution in [0.25, 0.3) is 0 Å². The molecule has 3 rings (SSSR count). The highest BCUT2D eigenvalue weighted by molar-refractivity contribution is 5.94. The third-order valence-corrected chi connectivity index (χ3v) is 5.24. The number of rotatable bonds is 7. The molecule has 0 aromatic heterocycles. The van der Waals surface area contributed by atoms with Crippen LogP contribution >= 0.6 is 12.4 Å². The molecule has 0 spiro atoms. The van der Waals surface area contributed by atoms with Crippen LogP contribution in [0.5, 0.6) is 5.75 Å². The Morgan fingerprint density at radius 1 is 1.14 bits per heavy atom. The number of hydrogen-bond acceptors (Lipinski definition) is 3. The molecule has 0 radical (unpaired) electrons. The minimum Gasteiger partial charge on any atom is -0.497 e. The van der Waals surface area contributed by atoms with Crippen molar-refractivity contribution >= 4 is 18.3 Å². The van der Waals surface area contributed by atoms with Crippen molar-refractivity contribution < 1.29 is 13.9 Å². The van der Waals surface area contributed by atoms with Crippen molar-refractivity contribution in [1.82, 2.24) is 10.2 Å². The zero-order valence-corrected chi connectivity index (χ0v) is 17.0. The van der Waals surface area contributed by atoms with Gasteiger partial charge in [-0.15, -0.1) is 12.4 Å². The van der Waals surface area contributed by atoms with E-state index in [-0.39, 0.29) is 24.1 Å². The third-order valence-electron chi connectivity index (χ3n) is 5.24. The molecule has 4 nitrogen and oxygen atoms in total. The normalized spacial score (nSPS) is 14.9. The first-order chi connectivity index (χ1) is 13.2. The van der Waals surface area contributed by atoms with E-state index in [1.807, 2.05) is 12.1 Å². The molecular weight excluding hydrogens is 379 g/mol. The van der Waals surface area contributed by atoms with Crippen LogP contribution in [0, 0.1) is 11.7 Å². The maximum Gasteiger partial charge on any atom is 0.251 e. The van der Waals surface area contributed by atoms with Gasteiger partial charge in [-0.25, -0.2) is 4.39 Å². The first-order valence-electron chi connectivity index (χ1n) is 9.53. The van der Waals surface area contributed by atoms with Crippen molar-refractivity contribution in [2.45, 2.75) is 19.3 Å². The Kier molecular flexibility index (Phi) is 8.74. The van der Waals surface area contributed by atoms with E-state index in [2.05, 4.69) is 10.2 Å². The summed E-state index contributed by atoms with van der Waals surface area (Å²) in [4.78, 5) is 14.5. The summed E-state index contributed by atoms with van der Waals surface area (Å²) in [5.41, 5.74) is 1.46. The Balaban J connectivity index is 0.00000280. The Labute approximate surface area is 172 Å². The van der Waals surface area contributed by atoms with Gasteiger partial charge in [0.2, 0.25) is 0 Å². The number of methoxy groups -OCH3 is 1. The SMILES string of the molecule is COc1ccc(C(=O)NCCN2CCC(Cc3ccccc3F)CC2)cc1.Cl. The number of carbonyl (C=O) groups excluding carboxylic acids is 1. The summed E-state index contributed by atoms with van der Waals surface area (Å²) in [5, 5.41) is 2.97. The van der Waals surface area contributed by atoms with E-state index in [0.717, 1.165) is 50.2 Å². The molecule has 1 fully saturated rings. The molecule has 0 atom stereocenters. The monoisotopic (exact) mass is 406 g/mol. The van der Waals surface area contributed by atoms with Crippen LogP contribution in [0.15, 0.2) is 48.5 Å². The zero-order chi connectivity index (χ0) is 19.1. The van der Waals surface area contributed by atoms with E-state index in [9.17, 15) is 9.18 Å². The second-order valence-electron chi connectivity index (χ2n) is 7.06. The van der Waals surface area contributed by atoms with Gasteiger partial charge in [-0.3, -0.25) is 4.79 Å². The van der Waals surface area contributed by atoms with Crippen LogP contribution in [-0.2, 0) is 6.42 Å². The number of nitrogens with zero attached hydrogens (tertiary/aromatic N) is 1. The maximum atomic E-state index is 13.8. The van der Waals surface area contributed by atoms with E-state index in [1.165, 1.54) is 6.07 Å². The van der Waals surface area contributed by atoms with E-state index in [4.69, 9.17) is 4.74 Å². The van der Waals surface area contributed by atoms with Gasteiger partial charge in [0.05, 0.1) is 7.11 Å². The number of piperidine rings is 1. The molecule has 1 N–H and O–H groups in total. The molecule has 0 bridgehead atoms. The molecule has 2 aromatic rings. The van der Waals surface area contributed by atoms with Crippen molar-refractivity contribution in [3.05, 3.63) is 65.5 Å². The van der Waals surface area contributed by atoms with E-state index in [0.29, 0.717) is 18.0 Å². The molecule has 0 aliphatic carbocycles. The average Bonchev–Trinajstić information content (AvgIpc) is 2.71. The summed E-state index contributed by atoms with van der Waals surface area (Å²) in [7, 11) is 1.61. The lowest BCUT2D eigenvalue weighted by atomic mass is 9.90. The summed E-state index contributed by atoms with van der Waals surface area (Å²) in [5.74, 6) is 1.12. The number of hydrogen-bond donors (Lipinski definition) is 1. The second kappa shape index (κ2) is 11.0. The van der Waals surface area contributed by atoms with Crippen LogP contribution in [-0.4, -0.2) is 44.1 Å². The van der Waals surface area contributed by atoms with Gasteiger partial charge >= 0.3 is 0 Å². The molecule has 2 aromatic carbocycles. The molecule has 6 heteroatoms. The summed E-state index contributed by atoms with van der Waals surface area (Å²) >= 11 is 0. The summed E-state index contributed by atoms with van der Waals surface area (Å²) < 4.78 is 18.9. The number of halogens is 2. The van der Waals surface area contributed by atoms with Crippen molar-refractivity contribution in [2.75, 3.05) is 33.3 Å². The van der Waals surface area contributed by atoms with Crippen LogP contribution in [0.1, 0.15) is 28.8 Å². The fourth-order valence-corrected chi connectivity index (χ4v) is 3.56. The van der Waals surface area contributed by atoms with E-state index < -0.39 is 0 Å². The van der Waals surface area contributed by atoms with Crippen LogP contribution in [0.2, 0.25) is 0 Å². The van der Waals surface area contributed by atoms with Crippen LogP contribution in [0.3, 0.4) is 0 Å². The van der Waals surface area contributed by atoms with Crippen molar-refractivity contribution in [3.63, 3.8) is 0 Å². The van der Waals surface area contributed by atoms with Gasteiger partial charge < -0.3 is 15.0 Å². The van der Waals surface area contributed by atoms with Gasteiger partial charge in [-0.05, 0) is 74.2 Å². The number of likely N-dealkylation sites (tertiary alicyclic amines) is 1. The van der Waals surface area contributed by atoms with Gasteiger partial charge in [-0.2, -0.15) is 0 Å². The molecule has 1 aliphatic heterocycles. The molecular formula is C22H28ClFN2O2. The molecule has 1 saturated heterocycles. The third kappa shape index (κ3) is 6.21. The smallest absolute Gasteiger partial charge is 0.251 e. The second-order valence-corrected chi connectivity index (χ2v) is 7.06. The standard InChI is InChI=1S/C22H27FN2O2.ClH/c1-27-20-8-6-18(7-9-20)22(26)24-12-15-25-13-10-17(11-14-25)16-19-4-2-3-5-21(19)23;/h2-9,17H,10-16H2,1H3,(H,24,26);1H. The average molecular weight is 407 g/mol. The fraction of sp³-hybridized carbons (Fsp3) is 0.409. The van der Waals surface area contributed by atoms with Gasteiger partial charge in [0.25, 0.3) is 5.91 Å². The Morgan fingerprint density at radius 2 is 1.82 bits per heavy atom. The molecule has 152 valence electrons. The van der Waals surface area contributed by atoms with E-state index in [1.54, 1.807) is 37.4 Å². The van der Waals surface area contributed by atoms with Crippen LogP contribution < -0.4 is 10.1 Å². The highest BCUT2D eigenvalue weighted by Crippen LogP contribution is 2.22. The van der Waals surface area contributed by atoms with Gasteiger partial charge in [0.1, 0.15) is 11.6 Å². The fourth-order valence-electron chi connectivity index (χ4n) is 3.56. The number of nitrogens with one attached hydrogen (secondary N) is 1. The topological polar surface area (TPSA) is 41.6 Å². The van der Waals surface area contributed by atoms with Gasteiger partial charge in [0.15, 0.2) is 0 Å². The summed E-state index contributed by atoms with van der Waals surface area (Å²) in [6.45, 7) is 3.46. The molecule has 28 heavy (non-hydrogen) atoms. The largest absolute Gasteiger partial charge is 0.497 e. The predicted molar refractivity (Wildman–Crippen MR) is 112 cm³/mol. The minimum atomic E-state index is -0.0961. The summed E-state index contributed by atoms with van der Waals surface area (Å²) in [6, 6.07) is 14.2. The lowest BCUT2D eigenvalue weighted by Crippen LogP contribution is -2.40. The molecule has 0 unspecified atom stereocenters. The zero-order valence-electron chi connectivity index (χ0n) is 16.2.